The van der Waals surface area contributed by atoms with Gasteiger partial charge in [0.25, 0.3) is 0 Å². The third-order valence-corrected chi connectivity index (χ3v) is 4.08. The molecule has 7 heteroatoms. The monoisotopic (exact) mass is 305 g/mol. The van der Waals surface area contributed by atoms with Crippen molar-refractivity contribution in [1.29, 1.82) is 0 Å². The molecule has 1 aromatic carbocycles. The molecule has 21 heavy (non-hydrogen) atoms. The second kappa shape index (κ2) is 5.77. The number of fused-ring (bicyclic) bond motifs is 1. The van der Waals surface area contributed by atoms with Crippen molar-refractivity contribution in [3.05, 3.63) is 30.1 Å². The lowest BCUT2D eigenvalue weighted by molar-refractivity contribution is 0.102. The largest absolute Gasteiger partial charge is 0.454 e. The Morgan fingerprint density at radius 3 is 3.00 bits per heavy atom. The minimum Gasteiger partial charge on any atom is -0.454 e. The molecule has 0 aliphatic carbocycles. The van der Waals surface area contributed by atoms with Crippen LogP contribution in [0.4, 0.5) is 0 Å². The fraction of sp³-hybridized carbons (Fsp3) is 0.357. The minimum absolute atomic E-state index is 0.0246. The summed E-state index contributed by atoms with van der Waals surface area (Å²) in [6, 6.07) is 5.50. The number of ether oxygens (including phenoxy) is 2. The minimum atomic E-state index is 0.0246. The predicted molar refractivity (Wildman–Crippen MR) is 78.0 cm³/mol. The SMILES string of the molecule is CC(C)n1cnnc1SCC(=O)c1ccc2c(c1)OCO2. The Labute approximate surface area is 126 Å². The molecule has 1 aromatic heterocycles. The molecule has 3 rings (SSSR count). The number of benzene rings is 1. The second-order valence-corrected chi connectivity index (χ2v) is 5.84. The lowest BCUT2D eigenvalue weighted by Gasteiger charge is -2.09. The Morgan fingerprint density at radius 2 is 2.19 bits per heavy atom. The third kappa shape index (κ3) is 2.87. The number of nitrogens with zero attached hydrogens (tertiary/aromatic N) is 3. The molecule has 0 spiro atoms. The van der Waals surface area contributed by atoms with Gasteiger partial charge in [-0.15, -0.1) is 10.2 Å². The van der Waals surface area contributed by atoms with Crippen LogP contribution in [0, 0.1) is 0 Å². The highest BCUT2D eigenvalue weighted by molar-refractivity contribution is 7.99. The number of carbonyl (C=O) groups excluding carboxylic acids is 1. The molecule has 0 atom stereocenters. The highest BCUT2D eigenvalue weighted by Gasteiger charge is 2.17. The summed E-state index contributed by atoms with van der Waals surface area (Å²) < 4.78 is 12.5. The first-order valence-electron chi connectivity index (χ1n) is 6.60. The van der Waals surface area contributed by atoms with Crippen LogP contribution in [0.2, 0.25) is 0 Å². The van der Waals surface area contributed by atoms with E-state index in [4.69, 9.17) is 9.47 Å². The first kappa shape index (κ1) is 13.9. The van der Waals surface area contributed by atoms with Crippen LogP contribution in [-0.4, -0.2) is 33.1 Å². The van der Waals surface area contributed by atoms with Gasteiger partial charge in [0.2, 0.25) is 6.79 Å². The van der Waals surface area contributed by atoms with Crippen molar-refractivity contribution in [2.75, 3.05) is 12.5 Å². The molecular formula is C14H15N3O3S. The van der Waals surface area contributed by atoms with Gasteiger partial charge in [0.15, 0.2) is 22.4 Å². The van der Waals surface area contributed by atoms with Crippen LogP contribution in [0.3, 0.4) is 0 Å². The van der Waals surface area contributed by atoms with Gasteiger partial charge in [0.1, 0.15) is 6.33 Å². The number of thioether (sulfide) groups is 1. The fourth-order valence-corrected chi connectivity index (χ4v) is 2.91. The van der Waals surface area contributed by atoms with E-state index in [1.54, 1.807) is 24.5 Å². The normalized spacial score (nSPS) is 12.9. The lowest BCUT2D eigenvalue weighted by Crippen LogP contribution is -2.06. The Hall–Kier alpha value is -2.02. The Kier molecular flexibility index (Phi) is 3.83. The van der Waals surface area contributed by atoms with Gasteiger partial charge in [-0.3, -0.25) is 4.79 Å². The highest BCUT2D eigenvalue weighted by atomic mass is 32.2. The molecule has 0 saturated carbocycles. The van der Waals surface area contributed by atoms with E-state index in [-0.39, 0.29) is 18.6 Å². The Morgan fingerprint density at radius 1 is 1.38 bits per heavy atom. The Balaban J connectivity index is 1.68. The molecule has 0 amide bonds. The van der Waals surface area contributed by atoms with Gasteiger partial charge >= 0.3 is 0 Å². The molecule has 2 heterocycles. The average molecular weight is 305 g/mol. The van der Waals surface area contributed by atoms with Crippen molar-refractivity contribution in [2.45, 2.75) is 25.0 Å². The maximum Gasteiger partial charge on any atom is 0.231 e. The van der Waals surface area contributed by atoms with Gasteiger partial charge < -0.3 is 14.0 Å². The van der Waals surface area contributed by atoms with E-state index in [2.05, 4.69) is 10.2 Å². The molecule has 1 aliphatic rings. The third-order valence-electron chi connectivity index (χ3n) is 3.12. The van der Waals surface area contributed by atoms with Gasteiger partial charge in [-0.2, -0.15) is 0 Å². The zero-order chi connectivity index (χ0) is 14.8. The topological polar surface area (TPSA) is 66.2 Å². The van der Waals surface area contributed by atoms with Crippen LogP contribution in [0.25, 0.3) is 0 Å². The summed E-state index contributed by atoms with van der Waals surface area (Å²) in [6.45, 7) is 4.30. The fourth-order valence-electron chi connectivity index (χ4n) is 1.97. The Bertz CT molecular complexity index is 669. The number of hydrogen-bond acceptors (Lipinski definition) is 6. The van der Waals surface area contributed by atoms with Crippen LogP contribution in [0.5, 0.6) is 11.5 Å². The van der Waals surface area contributed by atoms with E-state index in [0.717, 1.165) is 5.16 Å². The van der Waals surface area contributed by atoms with E-state index in [1.807, 2.05) is 18.4 Å². The lowest BCUT2D eigenvalue weighted by atomic mass is 10.1. The van der Waals surface area contributed by atoms with Gasteiger partial charge in [-0.05, 0) is 32.0 Å². The summed E-state index contributed by atoms with van der Waals surface area (Å²) in [7, 11) is 0. The van der Waals surface area contributed by atoms with Crippen molar-refractivity contribution < 1.29 is 14.3 Å². The van der Waals surface area contributed by atoms with Crippen LogP contribution in [-0.2, 0) is 0 Å². The van der Waals surface area contributed by atoms with Gasteiger partial charge in [-0.25, -0.2) is 0 Å². The maximum atomic E-state index is 12.2. The van der Waals surface area contributed by atoms with Crippen LogP contribution in [0.15, 0.2) is 29.7 Å². The highest BCUT2D eigenvalue weighted by Crippen LogP contribution is 2.33. The number of ketones is 1. The van der Waals surface area contributed by atoms with Gasteiger partial charge in [-0.1, -0.05) is 11.8 Å². The summed E-state index contributed by atoms with van der Waals surface area (Å²) in [5.41, 5.74) is 0.613. The van der Waals surface area contributed by atoms with Crippen molar-refractivity contribution in [3.63, 3.8) is 0 Å². The molecule has 0 unspecified atom stereocenters. The number of aromatic nitrogens is 3. The summed E-state index contributed by atoms with van der Waals surface area (Å²) in [4.78, 5) is 12.2. The molecule has 0 fully saturated rings. The molecule has 0 saturated heterocycles. The molecule has 1 aliphatic heterocycles. The molecule has 0 radical (unpaired) electrons. The molecule has 0 N–H and O–H groups in total. The zero-order valence-corrected chi connectivity index (χ0v) is 12.6. The number of carbonyl (C=O) groups is 1. The summed E-state index contributed by atoms with van der Waals surface area (Å²) in [5.74, 6) is 1.64. The first-order valence-corrected chi connectivity index (χ1v) is 7.59. The van der Waals surface area contributed by atoms with E-state index < -0.39 is 0 Å². The maximum absolute atomic E-state index is 12.2. The van der Waals surface area contributed by atoms with Crippen molar-refractivity contribution in [3.8, 4) is 11.5 Å². The summed E-state index contributed by atoms with van der Waals surface area (Å²) in [6.07, 6.45) is 1.68. The van der Waals surface area contributed by atoms with E-state index in [1.165, 1.54) is 11.8 Å². The van der Waals surface area contributed by atoms with E-state index in [9.17, 15) is 4.79 Å². The van der Waals surface area contributed by atoms with Gasteiger partial charge in [0.05, 0.1) is 5.75 Å². The average Bonchev–Trinajstić information content (AvgIpc) is 3.12. The second-order valence-electron chi connectivity index (χ2n) is 4.89. The number of hydrogen-bond donors (Lipinski definition) is 0. The standard InChI is InChI=1S/C14H15N3O3S/c1-9(2)17-7-15-16-14(17)21-6-11(18)10-3-4-12-13(5-10)20-8-19-12/h3-5,7,9H,6,8H2,1-2H3. The predicted octanol–water partition coefficient (Wildman–Crippen LogP) is 2.56. The quantitative estimate of drug-likeness (QED) is 0.625. The summed E-state index contributed by atoms with van der Waals surface area (Å²) >= 11 is 1.39. The molecule has 110 valence electrons. The molecule has 0 bridgehead atoms. The van der Waals surface area contributed by atoms with Crippen molar-refractivity contribution in [1.82, 2.24) is 14.8 Å². The number of Topliss-reactive ketones (excluding diaryl/α,β-unsaturated/α-hetero) is 1. The smallest absolute Gasteiger partial charge is 0.231 e. The van der Waals surface area contributed by atoms with Crippen LogP contribution < -0.4 is 9.47 Å². The molecule has 2 aromatic rings. The van der Waals surface area contributed by atoms with Crippen molar-refractivity contribution in [2.24, 2.45) is 0 Å². The van der Waals surface area contributed by atoms with E-state index >= 15 is 0 Å². The first-order chi connectivity index (χ1) is 10.1. The van der Waals surface area contributed by atoms with Crippen LogP contribution >= 0.6 is 11.8 Å². The summed E-state index contributed by atoms with van der Waals surface area (Å²) in [5, 5.41) is 8.67. The van der Waals surface area contributed by atoms with Crippen molar-refractivity contribution >= 4 is 17.5 Å². The van der Waals surface area contributed by atoms with E-state index in [0.29, 0.717) is 22.8 Å². The molecule has 6 nitrogen and oxygen atoms in total. The van der Waals surface area contributed by atoms with Gasteiger partial charge in [0, 0.05) is 11.6 Å². The number of rotatable bonds is 5. The molecular weight excluding hydrogens is 290 g/mol. The zero-order valence-electron chi connectivity index (χ0n) is 11.8. The van der Waals surface area contributed by atoms with Crippen LogP contribution in [0.1, 0.15) is 30.2 Å².